The summed E-state index contributed by atoms with van der Waals surface area (Å²) in [4.78, 5) is 15.6. The second-order valence-corrected chi connectivity index (χ2v) is 5.09. The predicted octanol–water partition coefficient (Wildman–Crippen LogP) is 3.75. The summed E-state index contributed by atoms with van der Waals surface area (Å²) in [6.07, 6.45) is -3.24. The lowest BCUT2D eigenvalue weighted by Gasteiger charge is -2.10. The molecule has 1 N–H and O–H groups in total. The first kappa shape index (κ1) is 18.0. The number of amides is 1. The molecule has 1 heterocycles. The molecule has 0 spiro atoms. The maximum atomic E-state index is 13.6. The quantitative estimate of drug-likeness (QED) is 0.824. The molecule has 1 aromatic heterocycles. The fourth-order valence-corrected chi connectivity index (χ4v) is 2.03. The molecule has 2 aromatic rings. The molecule has 9 heteroatoms. The highest BCUT2D eigenvalue weighted by molar-refractivity contribution is 6.33. The number of hydrogen-bond acceptors (Lipinski definition) is 3. The van der Waals surface area contributed by atoms with Crippen LogP contribution in [0.3, 0.4) is 0 Å². The monoisotopic (exact) mass is 362 g/mol. The van der Waals surface area contributed by atoms with Crippen LogP contribution in [0.2, 0.25) is 5.02 Å². The molecule has 4 nitrogen and oxygen atoms in total. The van der Waals surface area contributed by atoms with Gasteiger partial charge in [-0.3, -0.25) is 4.79 Å². The van der Waals surface area contributed by atoms with E-state index in [1.807, 2.05) is 0 Å². The predicted molar refractivity (Wildman–Crippen MR) is 78.4 cm³/mol. The molecule has 0 saturated heterocycles. The van der Waals surface area contributed by atoms with E-state index in [2.05, 4.69) is 15.0 Å². The third-order valence-electron chi connectivity index (χ3n) is 2.83. The van der Waals surface area contributed by atoms with Crippen LogP contribution in [-0.4, -0.2) is 23.7 Å². The Balaban J connectivity index is 2.00. The van der Waals surface area contributed by atoms with Gasteiger partial charge in [-0.2, -0.15) is 13.2 Å². The number of rotatable bonds is 5. The molecule has 0 saturated carbocycles. The maximum absolute atomic E-state index is 13.6. The van der Waals surface area contributed by atoms with Crippen LogP contribution in [-0.2, 0) is 6.54 Å². The number of nitrogens with one attached hydrogen (secondary N) is 1. The molecule has 0 aliphatic heterocycles. The van der Waals surface area contributed by atoms with Gasteiger partial charge in [-0.1, -0.05) is 17.7 Å². The summed E-state index contributed by atoms with van der Waals surface area (Å²) in [5.41, 5.74) is 0.129. The average molecular weight is 363 g/mol. The minimum Gasteiger partial charge on any atom is -0.468 e. The molecule has 0 aliphatic carbocycles. The molecule has 0 bridgehead atoms. The van der Waals surface area contributed by atoms with Crippen molar-refractivity contribution in [2.24, 2.45) is 0 Å². The lowest BCUT2D eigenvalue weighted by molar-refractivity contribution is -0.154. The first-order chi connectivity index (χ1) is 11.3. The zero-order valence-corrected chi connectivity index (χ0v) is 12.8. The van der Waals surface area contributed by atoms with E-state index in [1.54, 1.807) is 0 Å². The number of carbonyl (C=O) groups excluding carboxylic acids is 1. The topological polar surface area (TPSA) is 51.2 Å². The minimum absolute atomic E-state index is 0.0450. The van der Waals surface area contributed by atoms with E-state index >= 15 is 0 Å². The van der Waals surface area contributed by atoms with Crippen LogP contribution in [0.1, 0.15) is 15.9 Å². The largest absolute Gasteiger partial charge is 0.468 e. The lowest BCUT2D eigenvalue weighted by atomic mass is 10.2. The van der Waals surface area contributed by atoms with Crippen LogP contribution in [0.5, 0.6) is 5.88 Å². The number of ether oxygens (including phenoxy) is 1. The van der Waals surface area contributed by atoms with Crippen LogP contribution in [0.4, 0.5) is 17.6 Å². The van der Waals surface area contributed by atoms with Crippen molar-refractivity contribution in [1.29, 1.82) is 0 Å². The number of pyridine rings is 1. The number of hydrogen-bond donors (Lipinski definition) is 1. The molecule has 0 atom stereocenters. The van der Waals surface area contributed by atoms with Gasteiger partial charge in [0.25, 0.3) is 5.91 Å². The lowest BCUT2D eigenvalue weighted by Crippen LogP contribution is -2.24. The summed E-state index contributed by atoms with van der Waals surface area (Å²) in [7, 11) is 0. The Hall–Kier alpha value is -2.35. The molecule has 0 radical (unpaired) electrons. The van der Waals surface area contributed by atoms with E-state index in [0.717, 1.165) is 6.07 Å². The van der Waals surface area contributed by atoms with E-state index in [4.69, 9.17) is 11.6 Å². The van der Waals surface area contributed by atoms with Crippen molar-refractivity contribution in [3.63, 3.8) is 0 Å². The first-order valence-corrected chi connectivity index (χ1v) is 7.01. The van der Waals surface area contributed by atoms with Crippen molar-refractivity contribution in [2.75, 3.05) is 6.61 Å². The van der Waals surface area contributed by atoms with Gasteiger partial charge in [-0.25, -0.2) is 9.37 Å². The number of carbonyl (C=O) groups is 1. The zero-order chi connectivity index (χ0) is 17.7. The second-order valence-electron chi connectivity index (χ2n) is 4.69. The molecular weight excluding hydrogens is 352 g/mol. The number of alkyl halides is 3. The zero-order valence-electron chi connectivity index (χ0n) is 12.0. The SMILES string of the molecule is O=C(NCc1ccnc(OCC(F)(F)F)c1)c1c(F)cccc1Cl. The van der Waals surface area contributed by atoms with Gasteiger partial charge in [-0.05, 0) is 23.8 Å². The summed E-state index contributed by atoms with van der Waals surface area (Å²) in [6, 6.07) is 6.55. The van der Waals surface area contributed by atoms with Crippen LogP contribution < -0.4 is 10.1 Å². The first-order valence-electron chi connectivity index (χ1n) is 6.63. The highest BCUT2D eigenvalue weighted by Gasteiger charge is 2.28. The number of benzene rings is 1. The molecule has 0 unspecified atom stereocenters. The molecule has 128 valence electrons. The van der Waals surface area contributed by atoms with Gasteiger partial charge in [0.1, 0.15) is 5.82 Å². The molecule has 0 fully saturated rings. The van der Waals surface area contributed by atoms with Gasteiger partial charge in [0.15, 0.2) is 6.61 Å². The van der Waals surface area contributed by atoms with Crippen LogP contribution in [0, 0.1) is 5.82 Å². The van der Waals surface area contributed by atoms with Gasteiger partial charge < -0.3 is 10.1 Å². The van der Waals surface area contributed by atoms with Crippen molar-refractivity contribution in [3.8, 4) is 5.88 Å². The third-order valence-corrected chi connectivity index (χ3v) is 3.14. The standard InChI is InChI=1S/C15H11ClF4N2O2/c16-10-2-1-3-11(17)13(10)14(23)22-7-9-4-5-21-12(6-9)24-8-15(18,19)20/h1-6H,7-8H2,(H,22,23). The Bertz CT molecular complexity index is 717. The van der Waals surface area contributed by atoms with Crippen molar-refractivity contribution >= 4 is 17.5 Å². The Kier molecular flexibility index (Phi) is 5.61. The van der Waals surface area contributed by atoms with Crippen molar-refractivity contribution < 1.29 is 27.1 Å². The van der Waals surface area contributed by atoms with Crippen LogP contribution in [0.25, 0.3) is 0 Å². The third kappa shape index (κ3) is 5.09. The Morgan fingerprint density at radius 2 is 2.04 bits per heavy atom. The molecule has 2 rings (SSSR count). The molecular formula is C15H11ClF4N2O2. The van der Waals surface area contributed by atoms with E-state index in [0.29, 0.717) is 5.56 Å². The summed E-state index contributed by atoms with van der Waals surface area (Å²) in [6.45, 7) is -1.53. The van der Waals surface area contributed by atoms with Gasteiger partial charge in [-0.15, -0.1) is 0 Å². The molecule has 24 heavy (non-hydrogen) atoms. The fraction of sp³-hybridized carbons (Fsp3) is 0.200. The summed E-state index contributed by atoms with van der Waals surface area (Å²) in [5.74, 6) is -1.75. The highest BCUT2D eigenvalue weighted by Crippen LogP contribution is 2.20. The van der Waals surface area contributed by atoms with Gasteiger partial charge in [0, 0.05) is 18.8 Å². The Morgan fingerprint density at radius 1 is 1.29 bits per heavy atom. The Morgan fingerprint density at radius 3 is 2.71 bits per heavy atom. The van der Waals surface area contributed by atoms with Crippen molar-refractivity contribution in [1.82, 2.24) is 10.3 Å². The number of aromatic nitrogens is 1. The molecule has 0 aliphatic rings. The highest BCUT2D eigenvalue weighted by atomic mass is 35.5. The fourth-order valence-electron chi connectivity index (χ4n) is 1.78. The van der Waals surface area contributed by atoms with E-state index in [-0.39, 0.29) is 23.0 Å². The number of nitrogens with zero attached hydrogens (tertiary/aromatic N) is 1. The van der Waals surface area contributed by atoms with E-state index in [1.165, 1.54) is 30.5 Å². The van der Waals surface area contributed by atoms with Gasteiger partial charge in [0.05, 0.1) is 10.6 Å². The smallest absolute Gasteiger partial charge is 0.422 e. The van der Waals surface area contributed by atoms with Crippen molar-refractivity contribution in [3.05, 3.63) is 58.5 Å². The summed E-state index contributed by atoms with van der Waals surface area (Å²) in [5, 5.41) is 2.38. The maximum Gasteiger partial charge on any atom is 0.422 e. The average Bonchev–Trinajstić information content (AvgIpc) is 2.50. The van der Waals surface area contributed by atoms with Crippen LogP contribution >= 0.6 is 11.6 Å². The van der Waals surface area contributed by atoms with Crippen LogP contribution in [0.15, 0.2) is 36.5 Å². The number of halogens is 5. The van der Waals surface area contributed by atoms with E-state index < -0.39 is 24.5 Å². The summed E-state index contributed by atoms with van der Waals surface area (Å²) < 4.78 is 54.4. The summed E-state index contributed by atoms with van der Waals surface area (Å²) >= 11 is 5.78. The molecule has 1 aromatic carbocycles. The Labute approximate surface area is 139 Å². The van der Waals surface area contributed by atoms with E-state index in [9.17, 15) is 22.4 Å². The molecule has 1 amide bonds. The second kappa shape index (κ2) is 7.48. The van der Waals surface area contributed by atoms with Gasteiger partial charge in [0.2, 0.25) is 5.88 Å². The normalized spacial score (nSPS) is 11.2. The van der Waals surface area contributed by atoms with Crippen molar-refractivity contribution in [2.45, 2.75) is 12.7 Å². The minimum atomic E-state index is -4.48. The van der Waals surface area contributed by atoms with Gasteiger partial charge >= 0.3 is 6.18 Å².